The summed E-state index contributed by atoms with van der Waals surface area (Å²) in [6, 6.07) is 6.08. The fourth-order valence-electron chi connectivity index (χ4n) is 2.80. The van der Waals surface area contributed by atoms with E-state index in [0.717, 1.165) is 36.8 Å². The van der Waals surface area contributed by atoms with Crippen LogP contribution in [0.25, 0.3) is 0 Å². The molecule has 0 saturated carbocycles. The van der Waals surface area contributed by atoms with Crippen molar-refractivity contribution in [2.75, 3.05) is 38.5 Å². The molecule has 1 amide bonds. The van der Waals surface area contributed by atoms with Crippen LogP contribution in [0.5, 0.6) is 0 Å². The van der Waals surface area contributed by atoms with E-state index in [1.807, 2.05) is 26.1 Å². The SMILES string of the molecule is CNCC1CCN(CC(=O)Nc2ccc(I)cc2C)CC1. The van der Waals surface area contributed by atoms with Crippen molar-refractivity contribution in [1.82, 2.24) is 10.2 Å². The van der Waals surface area contributed by atoms with Gasteiger partial charge in [0.2, 0.25) is 5.91 Å². The molecule has 0 aromatic heterocycles. The van der Waals surface area contributed by atoms with Gasteiger partial charge in [0.1, 0.15) is 0 Å². The van der Waals surface area contributed by atoms with E-state index < -0.39 is 0 Å². The first-order valence-corrected chi connectivity index (χ1v) is 8.59. The maximum absolute atomic E-state index is 12.2. The molecule has 1 aromatic rings. The fraction of sp³-hybridized carbons (Fsp3) is 0.562. The summed E-state index contributed by atoms with van der Waals surface area (Å²) in [5, 5.41) is 6.26. The molecule has 0 aliphatic carbocycles. The van der Waals surface area contributed by atoms with Crippen LogP contribution in [-0.4, -0.2) is 44.0 Å². The Morgan fingerprint density at radius 2 is 2.10 bits per heavy atom. The van der Waals surface area contributed by atoms with Crippen LogP contribution < -0.4 is 10.6 Å². The summed E-state index contributed by atoms with van der Waals surface area (Å²) in [7, 11) is 2.00. The number of halogens is 1. The minimum Gasteiger partial charge on any atom is -0.325 e. The average Bonchev–Trinajstić information content (AvgIpc) is 2.44. The van der Waals surface area contributed by atoms with Crippen molar-refractivity contribution < 1.29 is 4.79 Å². The van der Waals surface area contributed by atoms with Crippen molar-refractivity contribution in [3.05, 3.63) is 27.3 Å². The number of nitrogens with zero attached hydrogens (tertiary/aromatic N) is 1. The molecule has 0 spiro atoms. The molecule has 2 rings (SSSR count). The van der Waals surface area contributed by atoms with E-state index in [1.54, 1.807) is 0 Å². The summed E-state index contributed by atoms with van der Waals surface area (Å²) in [6.45, 7) is 5.65. The van der Waals surface area contributed by atoms with Gasteiger partial charge in [0, 0.05) is 9.26 Å². The molecule has 1 fully saturated rings. The van der Waals surface area contributed by atoms with Gasteiger partial charge in [-0.15, -0.1) is 0 Å². The predicted octanol–water partition coefficient (Wildman–Crippen LogP) is 2.47. The Hall–Kier alpha value is -0.660. The van der Waals surface area contributed by atoms with Crippen LogP contribution in [0.4, 0.5) is 5.69 Å². The van der Waals surface area contributed by atoms with Gasteiger partial charge in [-0.1, -0.05) is 0 Å². The molecule has 2 N–H and O–H groups in total. The lowest BCUT2D eigenvalue weighted by Gasteiger charge is -2.31. The highest BCUT2D eigenvalue weighted by Crippen LogP contribution is 2.19. The van der Waals surface area contributed by atoms with Gasteiger partial charge in [0.05, 0.1) is 6.54 Å². The Balaban J connectivity index is 1.80. The van der Waals surface area contributed by atoms with E-state index in [1.165, 1.54) is 16.4 Å². The van der Waals surface area contributed by atoms with Crippen molar-refractivity contribution in [2.45, 2.75) is 19.8 Å². The maximum atomic E-state index is 12.2. The van der Waals surface area contributed by atoms with Gasteiger partial charge in [-0.25, -0.2) is 0 Å². The maximum Gasteiger partial charge on any atom is 0.238 e. The first-order chi connectivity index (χ1) is 10.1. The van der Waals surface area contributed by atoms with Crippen molar-refractivity contribution in [2.24, 2.45) is 5.92 Å². The first-order valence-electron chi connectivity index (χ1n) is 7.51. The number of nitrogens with one attached hydrogen (secondary N) is 2. The van der Waals surface area contributed by atoms with E-state index in [2.05, 4.69) is 44.2 Å². The van der Waals surface area contributed by atoms with Gasteiger partial charge in [-0.2, -0.15) is 0 Å². The van der Waals surface area contributed by atoms with E-state index in [9.17, 15) is 4.79 Å². The lowest BCUT2D eigenvalue weighted by molar-refractivity contribution is -0.117. The summed E-state index contributed by atoms with van der Waals surface area (Å²) >= 11 is 2.28. The fourth-order valence-corrected chi connectivity index (χ4v) is 3.44. The zero-order chi connectivity index (χ0) is 15.2. The molecule has 5 heteroatoms. The average molecular weight is 401 g/mol. The topological polar surface area (TPSA) is 44.4 Å². The van der Waals surface area contributed by atoms with Gasteiger partial charge in [-0.3, -0.25) is 9.69 Å². The Morgan fingerprint density at radius 3 is 2.71 bits per heavy atom. The molecule has 0 unspecified atom stereocenters. The number of amides is 1. The molecule has 116 valence electrons. The molecule has 1 aromatic carbocycles. The summed E-state index contributed by atoms with van der Waals surface area (Å²) in [5.74, 6) is 0.846. The highest BCUT2D eigenvalue weighted by atomic mass is 127. The largest absolute Gasteiger partial charge is 0.325 e. The van der Waals surface area contributed by atoms with Crippen molar-refractivity contribution in [3.8, 4) is 0 Å². The number of aryl methyl sites for hydroxylation is 1. The summed E-state index contributed by atoms with van der Waals surface area (Å²) in [6.07, 6.45) is 2.35. The number of carbonyl (C=O) groups is 1. The third-order valence-electron chi connectivity index (χ3n) is 4.03. The van der Waals surface area contributed by atoms with Crippen LogP contribution in [0, 0.1) is 16.4 Å². The van der Waals surface area contributed by atoms with Gasteiger partial charge in [0.25, 0.3) is 0 Å². The number of likely N-dealkylation sites (tertiary alicyclic amines) is 1. The third kappa shape index (κ3) is 5.23. The van der Waals surface area contributed by atoms with Crippen LogP contribution in [0.3, 0.4) is 0 Å². The minimum absolute atomic E-state index is 0.0892. The molecule has 1 aliphatic rings. The van der Waals surface area contributed by atoms with Crippen molar-refractivity contribution >= 4 is 34.2 Å². The Morgan fingerprint density at radius 1 is 1.38 bits per heavy atom. The van der Waals surface area contributed by atoms with Crippen LogP contribution in [0.15, 0.2) is 18.2 Å². The summed E-state index contributed by atoms with van der Waals surface area (Å²) in [5.41, 5.74) is 2.04. The van der Waals surface area contributed by atoms with E-state index in [-0.39, 0.29) is 5.91 Å². The Bertz CT molecular complexity index is 484. The minimum atomic E-state index is 0.0892. The van der Waals surface area contributed by atoms with Gasteiger partial charge in [-0.05, 0) is 98.7 Å². The number of piperidine rings is 1. The second kappa shape index (κ2) is 8.10. The normalized spacial score (nSPS) is 16.9. The smallest absolute Gasteiger partial charge is 0.238 e. The quantitative estimate of drug-likeness (QED) is 0.746. The second-order valence-corrected chi connectivity index (χ2v) is 7.03. The van der Waals surface area contributed by atoms with Gasteiger partial charge in [0.15, 0.2) is 0 Å². The molecule has 0 atom stereocenters. The molecule has 1 heterocycles. The number of hydrogen-bond donors (Lipinski definition) is 2. The van der Waals surface area contributed by atoms with E-state index >= 15 is 0 Å². The molecule has 1 saturated heterocycles. The van der Waals surface area contributed by atoms with E-state index in [0.29, 0.717) is 6.54 Å². The monoisotopic (exact) mass is 401 g/mol. The molecule has 0 radical (unpaired) electrons. The third-order valence-corrected chi connectivity index (χ3v) is 4.70. The Kier molecular flexibility index (Phi) is 6.44. The van der Waals surface area contributed by atoms with Crippen LogP contribution in [0.2, 0.25) is 0 Å². The second-order valence-electron chi connectivity index (χ2n) is 5.78. The zero-order valence-electron chi connectivity index (χ0n) is 12.8. The van der Waals surface area contributed by atoms with E-state index in [4.69, 9.17) is 0 Å². The number of hydrogen-bond acceptors (Lipinski definition) is 3. The highest BCUT2D eigenvalue weighted by Gasteiger charge is 2.20. The van der Waals surface area contributed by atoms with Gasteiger partial charge < -0.3 is 10.6 Å². The molecular formula is C16H24IN3O. The molecule has 0 bridgehead atoms. The molecule has 4 nitrogen and oxygen atoms in total. The molecular weight excluding hydrogens is 377 g/mol. The lowest BCUT2D eigenvalue weighted by Crippen LogP contribution is -2.40. The number of carbonyl (C=O) groups excluding carboxylic acids is 1. The summed E-state index contributed by atoms with van der Waals surface area (Å²) in [4.78, 5) is 14.4. The van der Waals surface area contributed by atoms with Crippen LogP contribution >= 0.6 is 22.6 Å². The number of benzene rings is 1. The lowest BCUT2D eigenvalue weighted by atomic mass is 9.97. The number of anilines is 1. The standard InChI is InChI=1S/C16H24IN3O/c1-12-9-14(17)3-4-15(12)19-16(21)11-20-7-5-13(6-8-20)10-18-2/h3-4,9,13,18H,5-8,10-11H2,1-2H3,(H,19,21). The van der Waals surface area contributed by atoms with Crippen LogP contribution in [-0.2, 0) is 4.79 Å². The first kappa shape index (κ1) is 16.7. The predicted molar refractivity (Wildman–Crippen MR) is 95.6 cm³/mol. The number of rotatable bonds is 5. The van der Waals surface area contributed by atoms with Crippen LogP contribution in [0.1, 0.15) is 18.4 Å². The van der Waals surface area contributed by atoms with Gasteiger partial charge >= 0.3 is 0 Å². The highest BCUT2D eigenvalue weighted by molar-refractivity contribution is 14.1. The molecule has 1 aliphatic heterocycles. The Labute approximate surface area is 140 Å². The van der Waals surface area contributed by atoms with Crippen molar-refractivity contribution in [1.29, 1.82) is 0 Å². The van der Waals surface area contributed by atoms with Crippen molar-refractivity contribution in [3.63, 3.8) is 0 Å². The molecule has 21 heavy (non-hydrogen) atoms. The zero-order valence-corrected chi connectivity index (χ0v) is 14.9. The summed E-state index contributed by atoms with van der Waals surface area (Å²) < 4.78 is 1.19.